The third-order valence-corrected chi connectivity index (χ3v) is 3.54. The molecule has 0 radical (unpaired) electrons. The highest BCUT2D eigenvalue weighted by Crippen LogP contribution is 2.23. The van der Waals surface area contributed by atoms with Gasteiger partial charge in [0.25, 0.3) is 0 Å². The molecular weight excluding hydrogens is 298 g/mol. The van der Waals surface area contributed by atoms with E-state index in [9.17, 15) is 0 Å². The quantitative estimate of drug-likeness (QED) is 0.865. The van der Waals surface area contributed by atoms with Gasteiger partial charge in [-0.1, -0.05) is 5.16 Å². The number of likely N-dealkylation sites (tertiary alicyclic amines) is 1. The SMILES string of the molecule is Cc1nc(CN2CCC(n3cc(Br)cn3)C2)no1. The molecule has 3 heterocycles. The zero-order valence-electron chi connectivity index (χ0n) is 10.1. The second kappa shape index (κ2) is 4.81. The first-order chi connectivity index (χ1) is 8.70. The Kier molecular flexibility index (Phi) is 3.17. The van der Waals surface area contributed by atoms with Gasteiger partial charge in [-0.05, 0) is 22.4 Å². The lowest BCUT2D eigenvalue weighted by Gasteiger charge is -2.13. The first kappa shape index (κ1) is 11.9. The van der Waals surface area contributed by atoms with E-state index < -0.39 is 0 Å². The molecule has 0 saturated carbocycles. The predicted molar refractivity (Wildman–Crippen MR) is 67.9 cm³/mol. The van der Waals surface area contributed by atoms with Gasteiger partial charge in [0.05, 0.1) is 23.3 Å². The van der Waals surface area contributed by atoms with Crippen molar-refractivity contribution < 1.29 is 4.52 Å². The third-order valence-electron chi connectivity index (χ3n) is 3.13. The van der Waals surface area contributed by atoms with Gasteiger partial charge in [-0.2, -0.15) is 10.1 Å². The van der Waals surface area contributed by atoms with Gasteiger partial charge < -0.3 is 4.52 Å². The van der Waals surface area contributed by atoms with Crippen molar-refractivity contribution in [1.82, 2.24) is 24.8 Å². The summed E-state index contributed by atoms with van der Waals surface area (Å²) < 4.78 is 8.02. The number of aromatic nitrogens is 4. The van der Waals surface area contributed by atoms with Crippen LogP contribution in [0.15, 0.2) is 21.4 Å². The summed E-state index contributed by atoms with van der Waals surface area (Å²) in [5.41, 5.74) is 0. The van der Waals surface area contributed by atoms with E-state index in [2.05, 4.69) is 36.1 Å². The molecule has 0 N–H and O–H groups in total. The molecule has 1 saturated heterocycles. The summed E-state index contributed by atoms with van der Waals surface area (Å²) in [6, 6.07) is 0.435. The fraction of sp³-hybridized carbons (Fsp3) is 0.545. The molecular formula is C11H14BrN5O. The molecule has 3 rings (SSSR count). The van der Waals surface area contributed by atoms with Crippen molar-refractivity contribution in [2.24, 2.45) is 0 Å². The van der Waals surface area contributed by atoms with Crippen LogP contribution in [0, 0.1) is 6.92 Å². The fourth-order valence-corrected chi connectivity index (χ4v) is 2.59. The molecule has 0 aliphatic carbocycles. The van der Waals surface area contributed by atoms with Crippen molar-refractivity contribution >= 4 is 15.9 Å². The van der Waals surface area contributed by atoms with Crippen LogP contribution < -0.4 is 0 Å². The average molecular weight is 312 g/mol. The Bertz CT molecular complexity index is 537. The van der Waals surface area contributed by atoms with Crippen LogP contribution in [-0.2, 0) is 6.54 Å². The lowest BCUT2D eigenvalue weighted by molar-refractivity contribution is 0.295. The van der Waals surface area contributed by atoms with E-state index in [1.165, 1.54) is 0 Å². The van der Waals surface area contributed by atoms with Crippen molar-refractivity contribution in [2.45, 2.75) is 25.9 Å². The van der Waals surface area contributed by atoms with Crippen LogP contribution >= 0.6 is 15.9 Å². The van der Waals surface area contributed by atoms with Gasteiger partial charge in [0.15, 0.2) is 5.82 Å². The van der Waals surface area contributed by atoms with Crippen LogP contribution in [-0.4, -0.2) is 37.9 Å². The van der Waals surface area contributed by atoms with E-state index in [4.69, 9.17) is 4.52 Å². The van der Waals surface area contributed by atoms with Crippen molar-refractivity contribution in [3.63, 3.8) is 0 Å². The van der Waals surface area contributed by atoms with Crippen molar-refractivity contribution in [3.05, 3.63) is 28.6 Å². The Morgan fingerprint density at radius 1 is 1.56 bits per heavy atom. The fourth-order valence-electron chi connectivity index (χ4n) is 2.29. The van der Waals surface area contributed by atoms with Gasteiger partial charge in [-0.3, -0.25) is 9.58 Å². The number of hydrogen-bond donors (Lipinski definition) is 0. The summed E-state index contributed by atoms with van der Waals surface area (Å²) in [7, 11) is 0. The lowest BCUT2D eigenvalue weighted by Crippen LogP contribution is -2.22. The van der Waals surface area contributed by atoms with Gasteiger partial charge in [0, 0.05) is 26.2 Å². The van der Waals surface area contributed by atoms with Gasteiger partial charge >= 0.3 is 0 Å². The molecule has 2 aromatic rings. The van der Waals surface area contributed by atoms with E-state index >= 15 is 0 Å². The maximum absolute atomic E-state index is 4.98. The zero-order chi connectivity index (χ0) is 12.5. The molecule has 0 amide bonds. The summed E-state index contributed by atoms with van der Waals surface area (Å²) in [5, 5.41) is 8.26. The number of rotatable bonds is 3. The zero-order valence-corrected chi connectivity index (χ0v) is 11.7. The molecule has 0 aromatic carbocycles. The minimum absolute atomic E-state index is 0.435. The molecule has 96 valence electrons. The molecule has 1 aliphatic rings. The maximum Gasteiger partial charge on any atom is 0.223 e. The standard InChI is InChI=1S/C11H14BrN5O/c1-8-14-11(15-18-8)7-16-3-2-10(6-16)17-5-9(12)4-13-17/h4-5,10H,2-3,6-7H2,1H3. The summed E-state index contributed by atoms with van der Waals surface area (Å²) in [4.78, 5) is 6.55. The molecule has 0 bridgehead atoms. The molecule has 0 spiro atoms. The van der Waals surface area contributed by atoms with E-state index in [0.717, 1.165) is 36.4 Å². The van der Waals surface area contributed by atoms with E-state index in [1.54, 1.807) is 0 Å². The lowest BCUT2D eigenvalue weighted by atomic mass is 10.3. The molecule has 1 fully saturated rings. The van der Waals surface area contributed by atoms with Crippen LogP contribution in [0.2, 0.25) is 0 Å². The molecule has 18 heavy (non-hydrogen) atoms. The monoisotopic (exact) mass is 311 g/mol. The predicted octanol–water partition coefficient (Wildman–Crippen LogP) is 1.78. The third kappa shape index (κ3) is 2.46. The highest BCUT2D eigenvalue weighted by Gasteiger charge is 2.25. The summed E-state index contributed by atoms with van der Waals surface area (Å²) in [5.74, 6) is 1.38. The Labute approximate surface area is 113 Å². The van der Waals surface area contributed by atoms with Crippen LogP contribution in [0.5, 0.6) is 0 Å². The number of nitrogens with zero attached hydrogens (tertiary/aromatic N) is 5. The van der Waals surface area contributed by atoms with Gasteiger partial charge in [-0.25, -0.2) is 0 Å². The molecule has 1 aliphatic heterocycles. The highest BCUT2D eigenvalue weighted by molar-refractivity contribution is 9.10. The first-order valence-electron chi connectivity index (χ1n) is 5.92. The van der Waals surface area contributed by atoms with Crippen LogP contribution in [0.4, 0.5) is 0 Å². The topological polar surface area (TPSA) is 60.0 Å². The van der Waals surface area contributed by atoms with Crippen LogP contribution in [0.3, 0.4) is 0 Å². The summed E-state index contributed by atoms with van der Waals surface area (Å²) in [6.45, 7) is 4.57. The van der Waals surface area contributed by atoms with Gasteiger partial charge in [0.1, 0.15) is 0 Å². The smallest absolute Gasteiger partial charge is 0.223 e. The second-order valence-corrected chi connectivity index (χ2v) is 5.46. The minimum Gasteiger partial charge on any atom is -0.340 e. The molecule has 1 atom stereocenters. The van der Waals surface area contributed by atoms with E-state index in [-0.39, 0.29) is 0 Å². The highest BCUT2D eigenvalue weighted by atomic mass is 79.9. The minimum atomic E-state index is 0.435. The van der Waals surface area contributed by atoms with E-state index in [1.807, 2.05) is 24.0 Å². The second-order valence-electron chi connectivity index (χ2n) is 4.55. The van der Waals surface area contributed by atoms with Crippen molar-refractivity contribution in [3.8, 4) is 0 Å². The van der Waals surface area contributed by atoms with Gasteiger partial charge in [0.2, 0.25) is 5.89 Å². The number of halogens is 1. The average Bonchev–Trinajstić information content (AvgIpc) is 3.01. The molecule has 2 aromatic heterocycles. The number of hydrogen-bond acceptors (Lipinski definition) is 5. The summed E-state index contributed by atoms with van der Waals surface area (Å²) >= 11 is 3.42. The van der Waals surface area contributed by atoms with Crippen LogP contribution in [0.25, 0.3) is 0 Å². The van der Waals surface area contributed by atoms with E-state index in [0.29, 0.717) is 11.9 Å². The molecule has 6 nitrogen and oxygen atoms in total. The Morgan fingerprint density at radius 3 is 3.11 bits per heavy atom. The largest absolute Gasteiger partial charge is 0.340 e. The molecule has 7 heteroatoms. The van der Waals surface area contributed by atoms with Crippen LogP contribution in [0.1, 0.15) is 24.2 Å². The molecule has 1 unspecified atom stereocenters. The Hall–Kier alpha value is -1.21. The Morgan fingerprint density at radius 2 is 2.44 bits per heavy atom. The van der Waals surface area contributed by atoms with Crippen molar-refractivity contribution in [1.29, 1.82) is 0 Å². The maximum atomic E-state index is 4.98. The van der Waals surface area contributed by atoms with Crippen molar-refractivity contribution in [2.75, 3.05) is 13.1 Å². The first-order valence-corrected chi connectivity index (χ1v) is 6.71. The summed E-state index contributed by atoms with van der Waals surface area (Å²) in [6.07, 6.45) is 4.95. The number of aryl methyl sites for hydroxylation is 1. The normalized spacial score (nSPS) is 20.7. The van der Waals surface area contributed by atoms with Gasteiger partial charge in [-0.15, -0.1) is 0 Å². The Balaban J connectivity index is 1.61.